The number of para-hydroxylation sites is 1. The normalized spacial score (nSPS) is 18.7. The SMILES string of the molecule is CCOC(=O)[C@@H](C)Oc1ccccc1[C@H]1CC[C@@H](OCc2ncccc2NC(=O)OC(C)(C)C)CC1. The van der Waals surface area contributed by atoms with Gasteiger partial charge in [-0.15, -0.1) is 0 Å². The number of aromatic nitrogens is 1. The molecule has 1 aliphatic carbocycles. The average Bonchev–Trinajstić information content (AvgIpc) is 2.83. The van der Waals surface area contributed by atoms with Gasteiger partial charge in [-0.2, -0.15) is 0 Å². The summed E-state index contributed by atoms with van der Waals surface area (Å²) < 4.78 is 22.6. The fraction of sp³-hybridized carbons (Fsp3) is 0.536. The number of carbonyl (C=O) groups excluding carboxylic acids is 2. The van der Waals surface area contributed by atoms with Crippen molar-refractivity contribution in [2.24, 2.45) is 0 Å². The molecule has 0 aliphatic heterocycles. The van der Waals surface area contributed by atoms with Gasteiger partial charge in [-0.1, -0.05) is 18.2 Å². The van der Waals surface area contributed by atoms with Crippen molar-refractivity contribution < 1.29 is 28.5 Å². The van der Waals surface area contributed by atoms with Crippen molar-refractivity contribution in [2.45, 2.75) is 90.6 Å². The molecule has 1 saturated carbocycles. The number of pyridine rings is 1. The van der Waals surface area contributed by atoms with Crippen LogP contribution in [-0.2, 0) is 25.6 Å². The molecule has 8 nitrogen and oxygen atoms in total. The quantitative estimate of drug-likeness (QED) is 0.424. The number of ether oxygens (including phenoxy) is 4. The number of nitrogens with one attached hydrogen (secondary N) is 1. The van der Waals surface area contributed by atoms with E-state index < -0.39 is 17.8 Å². The summed E-state index contributed by atoms with van der Waals surface area (Å²) in [6.45, 7) is 9.59. The standard InChI is InChI=1S/C28H38N2O6/c1-6-33-26(31)19(2)35-25-12-8-7-10-22(25)20-13-15-21(16-14-20)34-18-24-23(11-9-17-29-24)30-27(32)36-28(3,4)5/h7-12,17,19-21H,6,13-16,18H2,1-5H3,(H,30,32)/t19-,20-,21+/m1/s1. The average molecular weight is 499 g/mol. The smallest absolute Gasteiger partial charge is 0.412 e. The lowest BCUT2D eigenvalue weighted by atomic mass is 9.82. The number of benzene rings is 1. The molecule has 1 amide bonds. The van der Waals surface area contributed by atoms with E-state index in [1.807, 2.05) is 39.0 Å². The predicted octanol–water partition coefficient (Wildman–Crippen LogP) is 6.00. The Bertz CT molecular complexity index is 1010. The monoisotopic (exact) mass is 498 g/mol. The molecule has 1 fully saturated rings. The van der Waals surface area contributed by atoms with E-state index in [0.717, 1.165) is 37.0 Å². The van der Waals surface area contributed by atoms with Gasteiger partial charge in [0.25, 0.3) is 0 Å². The van der Waals surface area contributed by atoms with Crippen LogP contribution in [0.5, 0.6) is 5.75 Å². The van der Waals surface area contributed by atoms with E-state index in [1.54, 1.807) is 32.2 Å². The minimum atomic E-state index is -0.660. The number of hydrogen-bond donors (Lipinski definition) is 1. The number of anilines is 1. The van der Waals surface area contributed by atoms with Crippen LogP contribution in [0, 0.1) is 0 Å². The Kier molecular flexibility index (Phi) is 9.70. The van der Waals surface area contributed by atoms with Crippen molar-refractivity contribution in [2.75, 3.05) is 11.9 Å². The van der Waals surface area contributed by atoms with E-state index in [0.29, 0.717) is 30.5 Å². The zero-order valence-corrected chi connectivity index (χ0v) is 21.9. The van der Waals surface area contributed by atoms with Crippen LogP contribution in [0.4, 0.5) is 10.5 Å². The van der Waals surface area contributed by atoms with Crippen LogP contribution < -0.4 is 10.1 Å². The van der Waals surface area contributed by atoms with Gasteiger partial charge in [0.2, 0.25) is 0 Å². The Morgan fingerprint density at radius 3 is 2.50 bits per heavy atom. The summed E-state index contributed by atoms with van der Waals surface area (Å²) in [5.74, 6) is 0.697. The van der Waals surface area contributed by atoms with Gasteiger partial charge in [0.05, 0.1) is 30.7 Å². The second-order valence-electron chi connectivity index (χ2n) is 9.96. The summed E-state index contributed by atoms with van der Waals surface area (Å²) in [5.41, 5.74) is 1.78. The number of hydrogen-bond acceptors (Lipinski definition) is 7. The van der Waals surface area contributed by atoms with Gasteiger partial charge >= 0.3 is 12.1 Å². The highest BCUT2D eigenvalue weighted by Gasteiger charge is 2.27. The zero-order chi connectivity index (χ0) is 26.1. The molecule has 1 heterocycles. The van der Waals surface area contributed by atoms with Crippen LogP contribution in [0.15, 0.2) is 42.6 Å². The van der Waals surface area contributed by atoms with E-state index in [9.17, 15) is 9.59 Å². The first-order chi connectivity index (χ1) is 17.2. The van der Waals surface area contributed by atoms with Gasteiger partial charge in [0.1, 0.15) is 11.4 Å². The largest absolute Gasteiger partial charge is 0.479 e. The van der Waals surface area contributed by atoms with Gasteiger partial charge < -0.3 is 18.9 Å². The van der Waals surface area contributed by atoms with E-state index in [1.165, 1.54) is 0 Å². The molecule has 0 saturated heterocycles. The van der Waals surface area contributed by atoms with Crippen molar-refractivity contribution in [1.29, 1.82) is 0 Å². The predicted molar refractivity (Wildman–Crippen MR) is 137 cm³/mol. The molecule has 0 radical (unpaired) electrons. The highest BCUT2D eigenvalue weighted by atomic mass is 16.6. The summed E-state index contributed by atoms with van der Waals surface area (Å²) in [7, 11) is 0. The van der Waals surface area contributed by atoms with E-state index >= 15 is 0 Å². The van der Waals surface area contributed by atoms with E-state index in [2.05, 4.69) is 16.4 Å². The van der Waals surface area contributed by atoms with Crippen LogP contribution in [-0.4, -0.2) is 41.5 Å². The third-order valence-corrected chi connectivity index (χ3v) is 5.94. The maximum absolute atomic E-state index is 12.2. The van der Waals surface area contributed by atoms with Gasteiger partial charge in [-0.25, -0.2) is 9.59 Å². The van der Waals surface area contributed by atoms with Crippen LogP contribution in [0.25, 0.3) is 0 Å². The van der Waals surface area contributed by atoms with Crippen LogP contribution in [0.2, 0.25) is 0 Å². The van der Waals surface area contributed by atoms with E-state index in [4.69, 9.17) is 18.9 Å². The molecule has 0 unspecified atom stereocenters. The summed E-state index contributed by atoms with van der Waals surface area (Å²) in [4.78, 5) is 28.6. The number of nitrogens with zero attached hydrogens (tertiary/aromatic N) is 1. The number of esters is 1. The van der Waals surface area contributed by atoms with Crippen LogP contribution in [0.3, 0.4) is 0 Å². The molecular weight excluding hydrogens is 460 g/mol. The lowest BCUT2D eigenvalue weighted by Crippen LogP contribution is -2.28. The van der Waals surface area contributed by atoms with Crippen LogP contribution in [0.1, 0.15) is 77.5 Å². The minimum absolute atomic E-state index is 0.101. The van der Waals surface area contributed by atoms with Gasteiger partial charge in [-0.05, 0) is 90.0 Å². The van der Waals surface area contributed by atoms with Gasteiger partial charge in [0, 0.05) is 6.20 Å². The lowest BCUT2D eigenvalue weighted by molar-refractivity contribution is -0.150. The van der Waals surface area contributed by atoms with Crippen molar-refractivity contribution in [1.82, 2.24) is 4.98 Å². The van der Waals surface area contributed by atoms with Crippen LogP contribution >= 0.6 is 0 Å². The molecule has 36 heavy (non-hydrogen) atoms. The third-order valence-electron chi connectivity index (χ3n) is 5.94. The molecule has 3 rings (SSSR count). The Morgan fingerprint density at radius 1 is 1.08 bits per heavy atom. The second-order valence-corrected chi connectivity index (χ2v) is 9.96. The van der Waals surface area contributed by atoms with Crippen molar-refractivity contribution in [3.63, 3.8) is 0 Å². The zero-order valence-electron chi connectivity index (χ0n) is 21.9. The molecule has 1 aromatic carbocycles. The number of rotatable bonds is 9. The maximum Gasteiger partial charge on any atom is 0.412 e. The van der Waals surface area contributed by atoms with E-state index in [-0.39, 0.29) is 12.1 Å². The van der Waals surface area contributed by atoms with Crippen molar-refractivity contribution >= 4 is 17.7 Å². The first-order valence-electron chi connectivity index (χ1n) is 12.6. The first kappa shape index (κ1) is 27.5. The van der Waals surface area contributed by atoms with Gasteiger partial charge in [0.15, 0.2) is 6.10 Å². The topological polar surface area (TPSA) is 96.0 Å². The molecule has 1 aromatic heterocycles. The number of amides is 1. The second kappa shape index (κ2) is 12.7. The number of carbonyl (C=O) groups is 2. The fourth-order valence-corrected chi connectivity index (χ4v) is 4.24. The molecular formula is C28H38N2O6. The maximum atomic E-state index is 12.2. The molecule has 0 spiro atoms. The molecule has 8 heteroatoms. The Morgan fingerprint density at radius 2 is 1.81 bits per heavy atom. The van der Waals surface area contributed by atoms with Crippen molar-refractivity contribution in [3.8, 4) is 5.75 Å². The summed E-state index contributed by atoms with van der Waals surface area (Å²) in [6.07, 6.45) is 4.30. The summed E-state index contributed by atoms with van der Waals surface area (Å²) in [6, 6.07) is 11.5. The molecule has 196 valence electrons. The third kappa shape index (κ3) is 8.22. The summed E-state index contributed by atoms with van der Waals surface area (Å²) >= 11 is 0. The Hall–Kier alpha value is -3.13. The fourth-order valence-electron chi connectivity index (χ4n) is 4.24. The Labute approximate surface area is 213 Å². The molecule has 0 bridgehead atoms. The highest BCUT2D eigenvalue weighted by Crippen LogP contribution is 2.39. The molecule has 1 aliphatic rings. The molecule has 1 N–H and O–H groups in total. The first-order valence-corrected chi connectivity index (χ1v) is 12.6. The van der Waals surface area contributed by atoms with Crippen molar-refractivity contribution in [3.05, 3.63) is 53.9 Å². The minimum Gasteiger partial charge on any atom is -0.479 e. The molecule has 1 atom stereocenters. The lowest BCUT2D eigenvalue weighted by Gasteiger charge is -2.30. The Balaban J connectivity index is 1.54. The molecule has 2 aromatic rings. The summed E-state index contributed by atoms with van der Waals surface area (Å²) in [5, 5.41) is 2.77. The van der Waals surface area contributed by atoms with Gasteiger partial charge in [-0.3, -0.25) is 10.3 Å². The highest BCUT2D eigenvalue weighted by molar-refractivity contribution is 5.85.